The molecule has 0 unspecified atom stereocenters. The predicted octanol–water partition coefficient (Wildman–Crippen LogP) is 15.6. The second kappa shape index (κ2) is 45.0. The van der Waals surface area contributed by atoms with Crippen molar-refractivity contribution in [1.82, 2.24) is 0 Å². The highest BCUT2D eigenvalue weighted by Crippen LogP contribution is 2.15. The van der Waals surface area contributed by atoms with Gasteiger partial charge in [0.15, 0.2) is 0 Å². The normalized spacial score (nSPS) is 11.1. The van der Waals surface area contributed by atoms with E-state index in [1.165, 1.54) is 199 Å². The molecule has 0 fully saturated rings. The van der Waals surface area contributed by atoms with Crippen molar-refractivity contribution in [3.63, 3.8) is 0 Å². The van der Waals surface area contributed by atoms with Crippen LogP contribution in [0.15, 0.2) is 0 Å². The van der Waals surface area contributed by atoms with Crippen LogP contribution in [0.3, 0.4) is 0 Å². The van der Waals surface area contributed by atoms with E-state index in [0.717, 1.165) is 19.3 Å². The Morgan fingerprint density at radius 1 is 0.347 bits per heavy atom. The SMILES string of the molecule is CCCCCCCCCCCCCCCC(=O)OC(C)C.CCCCCCCCCCCCCCCCCC(=O)OCCCCCCCC. The third kappa shape index (κ3) is 49.1. The minimum atomic E-state index is -0.0342. The molecule has 0 amide bonds. The summed E-state index contributed by atoms with van der Waals surface area (Å²) in [5.41, 5.74) is 0. The zero-order chi connectivity index (χ0) is 36.3. The van der Waals surface area contributed by atoms with Gasteiger partial charge in [-0.1, -0.05) is 220 Å². The number of carbonyl (C=O) groups excluding carboxylic acids is 2. The van der Waals surface area contributed by atoms with Gasteiger partial charge in [-0.25, -0.2) is 0 Å². The van der Waals surface area contributed by atoms with Gasteiger partial charge in [-0.3, -0.25) is 9.59 Å². The van der Waals surface area contributed by atoms with Crippen molar-refractivity contribution in [2.24, 2.45) is 0 Å². The van der Waals surface area contributed by atoms with E-state index >= 15 is 0 Å². The van der Waals surface area contributed by atoms with Gasteiger partial charge in [-0.2, -0.15) is 0 Å². The number of ether oxygens (including phenoxy) is 2. The van der Waals surface area contributed by atoms with Crippen LogP contribution in [0.2, 0.25) is 0 Å². The summed E-state index contributed by atoms with van der Waals surface area (Å²) < 4.78 is 10.4. The fraction of sp³-hybridized carbons (Fsp3) is 0.956. The Labute approximate surface area is 308 Å². The summed E-state index contributed by atoms with van der Waals surface area (Å²) in [6, 6.07) is 0. The fourth-order valence-corrected chi connectivity index (χ4v) is 6.39. The molecule has 0 radical (unpaired) electrons. The minimum Gasteiger partial charge on any atom is -0.466 e. The van der Waals surface area contributed by atoms with Gasteiger partial charge in [0.2, 0.25) is 0 Å². The molecular weight excluding hydrogens is 604 g/mol. The van der Waals surface area contributed by atoms with Crippen LogP contribution >= 0.6 is 0 Å². The van der Waals surface area contributed by atoms with Crippen molar-refractivity contribution in [3.8, 4) is 0 Å². The smallest absolute Gasteiger partial charge is 0.306 e. The number of esters is 2. The molecular formula is C45H90O4. The van der Waals surface area contributed by atoms with E-state index in [4.69, 9.17) is 9.47 Å². The summed E-state index contributed by atoms with van der Waals surface area (Å²) in [7, 11) is 0. The van der Waals surface area contributed by atoms with Crippen LogP contribution in [-0.4, -0.2) is 24.6 Å². The topological polar surface area (TPSA) is 52.6 Å². The molecule has 0 saturated carbocycles. The molecule has 0 saturated heterocycles. The molecule has 0 spiro atoms. The fourth-order valence-electron chi connectivity index (χ4n) is 6.39. The second-order valence-electron chi connectivity index (χ2n) is 15.2. The lowest BCUT2D eigenvalue weighted by Crippen LogP contribution is -2.10. The lowest BCUT2D eigenvalue weighted by molar-refractivity contribution is -0.147. The van der Waals surface area contributed by atoms with E-state index in [-0.39, 0.29) is 18.0 Å². The summed E-state index contributed by atoms with van der Waals surface area (Å²) in [5.74, 6) is -0.0173. The van der Waals surface area contributed by atoms with Gasteiger partial charge in [0.1, 0.15) is 0 Å². The first-order chi connectivity index (χ1) is 24.0. The number of carbonyl (C=O) groups is 2. The molecule has 294 valence electrons. The average Bonchev–Trinajstić information content (AvgIpc) is 3.08. The van der Waals surface area contributed by atoms with Gasteiger partial charge >= 0.3 is 11.9 Å². The highest BCUT2D eigenvalue weighted by molar-refractivity contribution is 5.69. The monoisotopic (exact) mass is 695 g/mol. The number of hydrogen-bond donors (Lipinski definition) is 0. The van der Waals surface area contributed by atoms with Crippen LogP contribution in [0.1, 0.15) is 266 Å². The van der Waals surface area contributed by atoms with Crippen LogP contribution in [0, 0.1) is 0 Å². The molecule has 0 aromatic carbocycles. The Hall–Kier alpha value is -1.06. The second-order valence-corrected chi connectivity index (χ2v) is 15.2. The van der Waals surface area contributed by atoms with Crippen molar-refractivity contribution < 1.29 is 19.1 Å². The quantitative estimate of drug-likeness (QED) is 0.0477. The summed E-state index contributed by atoms with van der Waals surface area (Å²) in [6.45, 7) is 11.2. The van der Waals surface area contributed by atoms with E-state index in [2.05, 4.69) is 20.8 Å². The molecule has 49 heavy (non-hydrogen) atoms. The van der Waals surface area contributed by atoms with Crippen LogP contribution < -0.4 is 0 Å². The lowest BCUT2D eigenvalue weighted by atomic mass is 10.0. The highest BCUT2D eigenvalue weighted by Gasteiger charge is 2.05. The standard InChI is InChI=1S/C26H52O2.C19H38O2/c1-3-5-7-9-11-12-13-14-15-16-17-18-19-20-22-24-26(27)28-25-23-21-10-8-6-4-2;1-4-5-6-7-8-9-10-11-12-13-14-15-16-17-19(20)21-18(2)3/h3-25H2,1-2H3;18H,4-17H2,1-3H3. The zero-order valence-corrected chi connectivity index (χ0v) is 34.4. The molecule has 0 aromatic heterocycles. The van der Waals surface area contributed by atoms with Gasteiger partial charge in [-0.15, -0.1) is 0 Å². The summed E-state index contributed by atoms with van der Waals surface area (Å²) in [5, 5.41) is 0. The largest absolute Gasteiger partial charge is 0.466 e. The summed E-state index contributed by atoms with van der Waals surface area (Å²) in [4.78, 5) is 23.0. The first-order valence-corrected chi connectivity index (χ1v) is 22.3. The van der Waals surface area contributed by atoms with Crippen LogP contribution in [0.5, 0.6) is 0 Å². The van der Waals surface area contributed by atoms with Crippen molar-refractivity contribution in [3.05, 3.63) is 0 Å². The van der Waals surface area contributed by atoms with Crippen LogP contribution in [-0.2, 0) is 19.1 Å². The molecule has 0 bridgehead atoms. The third-order valence-corrected chi connectivity index (χ3v) is 9.60. The van der Waals surface area contributed by atoms with Gasteiger partial charge < -0.3 is 9.47 Å². The van der Waals surface area contributed by atoms with Crippen LogP contribution in [0.4, 0.5) is 0 Å². The van der Waals surface area contributed by atoms with Gasteiger partial charge in [-0.05, 0) is 33.1 Å². The molecule has 0 aliphatic heterocycles. The Bertz CT molecular complexity index is 632. The minimum absolute atomic E-state index is 0.0169. The first kappa shape index (κ1) is 50.0. The van der Waals surface area contributed by atoms with Crippen molar-refractivity contribution in [1.29, 1.82) is 0 Å². The maximum atomic E-state index is 11.7. The van der Waals surface area contributed by atoms with Gasteiger partial charge in [0.25, 0.3) is 0 Å². The maximum absolute atomic E-state index is 11.7. The summed E-state index contributed by atoms with van der Waals surface area (Å²) in [6.07, 6.45) is 46.5. The number of unbranched alkanes of at least 4 members (excludes halogenated alkanes) is 31. The molecule has 0 aliphatic carbocycles. The van der Waals surface area contributed by atoms with Gasteiger partial charge in [0, 0.05) is 12.8 Å². The molecule has 0 atom stereocenters. The van der Waals surface area contributed by atoms with Crippen molar-refractivity contribution in [2.45, 2.75) is 272 Å². The molecule has 0 aromatic rings. The van der Waals surface area contributed by atoms with Crippen molar-refractivity contribution >= 4 is 11.9 Å². The Kier molecular flexibility index (Phi) is 45.9. The average molecular weight is 695 g/mol. The number of rotatable bonds is 38. The molecule has 4 heteroatoms. The first-order valence-electron chi connectivity index (χ1n) is 22.3. The molecule has 0 rings (SSSR count). The maximum Gasteiger partial charge on any atom is 0.306 e. The van der Waals surface area contributed by atoms with E-state index in [1.54, 1.807) is 0 Å². The predicted molar refractivity (Wildman–Crippen MR) is 215 cm³/mol. The van der Waals surface area contributed by atoms with Crippen molar-refractivity contribution in [2.75, 3.05) is 6.61 Å². The Morgan fingerprint density at radius 2 is 0.592 bits per heavy atom. The molecule has 0 N–H and O–H groups in total. The van der Waals surface area contributed by atoms with E-state index in [0.29, 0.717) is 19.4 Å². The Balaban J connectivity index is 0. The van der Waals surface area contributed by atoms with E-state index in [9.17, 15) is 9.59 Å². The Morgan fingerprint density at radius 3 is 0.878 bits per heavy atom. The summed E-state index contributed by atoms with van der Waals surface area (Å²) >= 11 is 0. The highest BCUT2D eigenvalue weighted by atomic mass is 16.5. The molecule has 0 heterocycles. The third-order valence-electron chi connectivity index (χ3n) is 9.60. The lowest BCUT2D eigenvalue weighted by Gasteiger charge is -2.07. The van der Waals surface area contributed by atoms with Crippen LogP contribution in [0.25, 0.3) is 0 Å². The molecule has 4 nitrogen and oxygen atoms in total. The van der Waals surface area contributed by atoms with E-state index in [1.807, 2.05) is 13.8 Å². The zero-order valence-electron chi connectivity index (χ0n) is 34.4. The van der Waals surface area contributed by atoms with E-state index < -0.39 is 0 Å². The van der Waals surface area contributed by atoms with Gasteiger partial charge in [0.05, 0.1) is 12.7 Å². The number of hydrogen-bond acceptors (Lipinski definition) is 4. The molecule has 0 aliphatic rings.